The SMILES string of the molecule is COc1ccc([C@@H](c2nnnn2Cc2cccs2)N2CCN(c3ccccc3)CC2)cc1. The Morgan fingerprint density at radius 3 is 2.41 bits per heavy atom. The lowest BCUT2D eigenvalue weighted by Gasteiger charge is -2.40. The van der Waals surface area contributed by atoms with Crippen LogP contribution >= 0.6 is 11.3 Å². The monoisotopic (exact) mass is 446 g/mol. The second-order valence-corrected chi connectivity index (χ2v) is 8.84. The topological polar surface area (TPSA) is 59.3 Å². The van der Waals surface area contributed by atoms with Crippen molar-refractivity contribution in [3.63, 3.8) is 0 Å². The summed E-state index contributed by atoms with van der Waals surface area (Å²) < 4.78 is 7.31. The number of tetrazole rings is 1. The molecule has 5 rings (SSSR count). The molecule has 1 atom stereocenters. The molecule has 0 unspecified atom stereocenters. The van der Waals surface area contributed by atoms with Crippen molar-refractivity contribution in [3.8, 4) is 5.75 Å². The molecule has 0 bridgehead atoms. The van der Waals surface area contributed by atoms with Crippen molar-refractivity contribution in [1.29, 1.82) is 0 Å². The van der Waals surface area contributed by atoms with Crippen LogP contribution in [-0.4, -0.2) is 58.4 Å². The smallest absolute Gasteiger partial charge is 0.173 e. The summed E-state index contributed by atoms with van der Waals surface area (Å²) in [5.74, 6) is 1.72. The van der Waals surface area contributed by atoms with Gasteiger partial charge in [-0.3, -0.25) is 4.90 Å². The van der Waals surface area contributed by atoms with Crippen LogP contribution < -0.4 is 9.64 Å². The van der Waals surface area contributed by atoms with Gasteiger partial charge in [0.15, 0.2) is 5.82 Å². The van der Waals surface area contributed by atoms with Crippen molar-refractivity contribution in [3.05, 3.63) is 88.4 Å². The third-order valence-electron chi connectivity index (χ3n) is 5.92. The number of aromatic nitrogens is 4. The zero-order valence-corrected chi connectivity index (χ0v) is 18.9. The Kier molecular flexibility index (Phi) is 6.13. The van der Waals surface area contributed by atoms with Crippen molar-refractivity contribution in [2.24, 2.45) is 0 Å². The molecule has 0 saturated carbocycles. The molecule has 164 valence electrons. The normalized spacial score (nSPS) is 15.6. The van der Waals surface area contributed by atoms with Gasteiger partial charge in [0.2, 0.25) is 0 Å². The van der Waals surface area contributed by atoms with Gasteiger partial charge in [0.1, 0.15) is 5.75 Å². The van der Waals surface area contributed by atoms with Gasteiger partial charge in [0, 0.05) is 36.7 Å². The summed E-state index contributed by atoms with van der Waals surface area (Å²) in [6.45, 7) is 4.46. The van der Waals surface area contributed by atoms with Crippen LogP contribution in [0.2, 0.25) is 0 Å². The predicted molar refractivity (Wildman–Crippen MR) is 126 cm³/mol. The van der Waals surface area contributed by atoms with Crippen molar-refractivity contribution in [2.75, 3.05) is 38.2 Å². The summed E-state index contributed by atoms with van der Waals surface area (Å²) in [4.78, 5) is 6.16. The number of ether oxygens (including phenoxy) is 1. The second kappa shape index (κ2) is 9.50. The Labute approximate surface area is 191 Å². The number of piperazine rings is 1. The minimum Gasteiger partial charge on any atom is -0.497 e. The van der Waals surface area contributed by atoms with E-state index in [1.165, 1.54) is 16.1 Å². The second-order valence-electron chi connectivity index (χ2n) is 7.81. The first-order valence-electron chi connectivity index (χ1n) is 10.8. The van der Waals surface area contributed by atoms with Crippen LogP contribution in [0.3, 0.4) is 0 Å². The van der Waals surface area contributed by atoms with Crippen molar-refractivity contribution < 1.29 is 4.74 Å². The lowest BCUT2D eigenvalue weighted by molar-refractivity contribution is 0.201. The number of para-hydroxylation sites is 1. The lowest BCUT2D eigenvalue weighted by atomic mass is 10.0. The molecule has 1 fully saturated rings. The van der Waals surface area contributed by atoms with E-state index in [1.54, 1.807) is 18.4 Å². The van der Waals surface area contributed by atoms with E-state index in [4.69, 9.17) is 4.74 Å². The fraction of sp³-hybridized carbons (Fsp3) is 0.292. The maximum Gasteiger partial charge on any atom is 0.173 e. The summed E-state index contributed by atoms with van der Waals surface area (Å²) in [5, 5.41) is 14.9. The van der Waals surface area contributed by atoms with Gasteiger partial charge in [0.05, 0.1) is 19.7 Å². The number of hydrogen-bond acceptors (Lipinski definition) is 7. The standard InChI is InChI=1S/C24H26N6OS/c1-31-21-11-9-19(10-12-21)23(24-25-26-27-30(24)18-22-8-5-17-32-22)29-15-13-28(14-16-29)20-6-3-2-4-7-20/h2-12,17,23H,13-16,18H2,1H3/t23-/m0/s1. The van der Waals surface area contributed by atoms with E-state index in [2.05, 4.69) is 85.3 Å². The van der Waals surface area contributed by atoms with Crippen LogP contribution in [0.15, 0.2) is 72.1 Å². The molecule has 7 nitrogen and oxygen atoms in total. The Hall–Kier alpha value is -3.23. The number of anilines is 1. The van der Waals surface area contributed by atoms with E-state index < -0.39 is 0 Å². The molecule has 8 heteroatoms. The summed E-state index contributed by atoms with van der Waals surface area (Å²) >= 11 is 1.72. The molecule has 0 amide bonds. The first kappa shape index (κ1) is 20.7. The number of thiophene rings is 1. The van der Waals surface area contributed by atoms with Crippen molar-refractivity contribution >= 4 is 17.0 Å². The molecule has 3 heterocycles. The molecule has 1 aliphatic heterocycles. The van der Waals surface area contributed by atoms with Crippen LogP contribution in [0.25, 0.3) is 0 Å². The molecule has 1 aliphatic rings. The first-order chi connectivity index (χ1) is 15.8. The fourth-order valence-electron chi connectivity index (χ4n) is 4.26. The lowest BCUT2D eigenvalue weighted by Crippen LogP contribution is -2.48. The molecular weight excluding hydrogens is 420 g/mol. The predicted octanol–water partition coefficient (Wildman–Crippen LogP) is 3.70. The average Bonchev–Trinajstić information content (AvgIpc) is 3.54. The highest BCUT2D eigenvalue weighted by Crippen LogP contribution is 2.30. The quantitative estimate of drug-likeness (QED) is 0.431. The number of methoxy groups -OCH3 is 1. The summed E-state index contributed by atoms with van der Waals surface area (Å²) in [6, 6.07) is 23.0. The van der Waals surface area contributed by atoms with E-state index in [0.717, 1.165) is 37.8 Å². The summed E-state index contributed by atoms with van der Waals surface area (Å²) in [7, 11) is 1.69. The van der Waals surface area contributed by atoms with Gasteiger partial charge in [-0.15, -0.1) is 16.4 Å². The molecule has 2 aromatic carbocycles. The van der Waals surface area contributed by atoms with Gasteiger partial charge in [-0.25, -0.2) is 4.68 Å². The van der Waals surface area contributed by atoms with Gasteiger partial charge < -0.3 is 9.64 Å². The van der Waals surface area contributed by atoms with E-state index in [0.29, 0.717) is 6.54 Å². The average molecular weight is 447 g/mol. The van der Waals surface area contributed by atoms with Gasteiger partial charge in [0.25, 0.3) is 0 Å². The Balaban J connectivity index is 1.43. The molecule has 2 aromatic heterocycles. The third-order valence-corrected chi connectivity index (χ3v) is 6.78. The Morgan fingerprint density at radius 2 is 1.72 bits per heavy atom. The zero-order valence-electron chi connectivity index (χ0n) is 18.0. The number of hydrogen-bond donors (Lipinski definition) is 0. The van der Waals surface area contributed by atoms with E-state index >= 15 is 0 Å². The Bertz CT molecular complexity index is 1110. The summed E-state index contributed by atoms with van der Waals surface area (Å²) in [6.07, 6.45) is 0. The van der Waals surface area contributed by atoms with E-state index in [-0.39, 0.29) is 6.04 Å². The number of benzene rings is 2. The highest BCUT2D eigenvalue weighted by atomic mass is 32.1. The fourth-order valence-corrected chi connectivity index (χ4v) is 4.94. The molecule has 4 aromatic rings. The first-order valence-corrected chi connectivity index (χ1v) is 11.7. The van der Waals surface area contributed by atoms with Crippen LogP contribution in [0, 0.1) is 0 Å². The van der Waals surface area contributed by atoms with Gasteiger partial charge in [-0.05, 0) is 51.7 Å². The van der Waals surface area contributed by atoms with Crippen molar-refractivity contribution in [1.82, 2.24) is 25.1 Å². The Morgan fingerprint density at radius 1 is 0.938 bits per heavy atom. The minimum absolute atomic E-state index is 0.0196. The molecule has 0 N–H and O–H groups in total. The van der Waals surface area contributed by atoms with Gasteiger partial charge in [-0.1, -0.05) is 36.4 Å². The highest BCUT2D eigenvalue weighted by molar-refractivity contribution is 7.09. The third kappa shape index (κ3) is 4.37. The maximum atomic E-state index is 5.38. The van der Waals surface area contributed by atoms with Gasteiger partial charge in [-0.2, -0.15) is 0 Å². The molecule has 0 spiro atoms. The van der Waals surface area contributed by atoms with Crippen LogP contribution in [0.1, 0.15) is 22.3 Å². The van der Waals surface area contributed by atoms with Crippen molar-refractivity contribution in [2.45, 2.75) is 12.6 Å². The maximum absolute atomic E-state index is 5.38. The number of nitrogens with zero attached hydrogens (tertiary/aromatic N) is 6. The molecule has 32 heavy (non-hydrogen) atoms. The molecule has 1 saturated heterocycles. The largest absolute Gasteiger partial charge is 0.497 e. The van der Waals surface area contributed by atoms with E-state index in [9.17, 15) is 0 Å². The molecule has 0 aliphatic carbocycles. The van der Waals surface area contributed by atoms with Gasteiger partial charge >= 0.3 is 0 Å². The van der Waals surface area contributed by atoms with Crippen LogP contribution in [0.5, 0.6) is 5.75 Å². The summed E-state index contributed by atoms with van der Waals surface area (Å²) in [5.41, 5.74) is 2.44. The molecular formula is C24H26N6OS. The molecule has 0 radical (unpaired) electrons. The van der Waals surface area contributed by atoms with Crippen LogP contribution in [-0.2, 0) is 6.54 Å². The number of rotatable bonds is 7. The minimum atomic E-state index is -0.0196. The zero-order chi connectivity index (χ0) is 21.8. The van der Waals surface area contributed by atoms with Crippen LogP contribution in [0.4, 0.5) is 5.69 Å². The van der Waals surface area contributed by atoms with E-state index in [1.807, 2.05) is 16.8 Å². The highest BCUT2D eigenvalue weighted by Gasteiger charge is 2.30.